The van der Waals surface area contributed by atoms with Gasteiger partial charge in [-0.1, -0.05) is 0 Å². The summed E-state index contributed by atoms with van der Waals surface area (Å²) < 4.78 is 0. The van der Waals surface area contributed by atoms with Crippen LogP contribution in [0.4, 0.5) is 0 Å². The smallest absolute Gasteiger partial charge is 0.108 e. The first-order valence-corrected chi connectivity index (χ1v) is 5.10. The third-order valence-corrected chi connectivity index (χ3v) is 4.26. The maximum absolute atomic E-state index is 6.50. The highest BCUT2D eigenvalue weighted by Gasteiger charge is 2.63. The van der Waals surface area contributed by atoms with Crippen LogP contribution in [0.2, 0.25) is 0 Å². The molecule has 0 radical (unpaired) electrons. The number of nitrogens with two attached hydrogens (primary N) is 1. The lowest BCUT2D eigenvalue weighted by atomic mass is 9.86. The van der Waals surface area contributed by atoms with Gasteiger partial charge in [0.05, 0.1) is 11.4 Å². The zero-order valence-electron chi connectivity index (χ0n) is 8.70. The molecule has 2 atom stereocenters. The van der Waals surface area contributed by atoms with Crippen molar-refractivity contribution in [2.75, 3.05) is 20.1 Å². The molecule has 3 heterocycles. The Hall–Kier alpha value is -0.870. The van der Waals surface area contributed by atoms with Crippen LogP contribution < -0.4 is 5.73 Å². The molecule has 0 spiro atoms. The molecule has 0 aliphatic carbocycles. The van der Waals surface area contributed by atoms with Crippen molar-refractivity contribution in [3.05, 3.63) is 12.4 Å². The molecule has 0 aromatic heterocycles. The predicted octanol–water partition coefficient (Wildman–Crippen LogP) is -0.0230. The van der Waals surface area contributed by atoms with Gasteiger partial charge in [0.1, 0.15) is 5.54 Å². The molecule has 2 fully saturated rings. The molecular weight excluding hydrogens is 176 g/mol. The standard InChI is InChI=1S/C10H16N4/c1-9-8-7-13(2)10(9,11)3-5-14(9)6-4-12-8/h4,6H,3,5,7,11H2,1-2H3. The summed E-state index contributed by atoms with van der Waals surface area (Å²) in [5.41, 5.74) is 7.41. The minimum Gasteiger partial charge on any atom is -0.362 e. The minimum atomic E-state index is -0.226. The first kappa shape index (κ1) is 8.44. The molecule has 0 aromatic carbocycles. The second kappa shape index (κ2) is 2.20. The maximum atomic E-state index is 6.50. The Morgan fingerprint density at radius 1 is 1.57 bits per heavy atom. The quantitative estimate of drug-likeness (QED) is 0.586. The highest BCUT2D eigenvalue weighted by molar-refractivity contribution is 6.00. The first-order valence-electron chi connectivity index (χ1n) is 5.10. The van der Waals surface area contributed by atoms with E-state index in [2.05, 4.69) is 35.0 Å². The monoisotopic (exact) mass is 192 g/mol. The molecule has 0 aromatic rings. The van der Waals surface area contributed by atoms with Crippen LogP contribution in [0.3, 0.4) is 0 Å². The molecule has 0 saturated carbocycles. The van der Waals surface area contributed by atoms with E-state index in [4.69, 9.17) is 5.73 Å². The van der Waals surface area contributed by atoms with Crippen molar-refractivity contribution in [2.45, 2.75) is 24.5 Å². The van der Waals surface area contributed by atoms with Crippen molar-refractivity contribution in [2.24, 2.45) is 10.7 Å². The Bertz CT molecular complexity index is 348. The first-order chi connectivity index (χ1) is 6.59. The average molecular weight is 192 g/mol. The van der Waals surface area contributed by atoms with E-state index in [0.717, 1.165) is 19.5 Å². The zero-order valence-corrected chi connectivity index (χ0v) is 8.70. The molecule has 2 unspecified atom stereocenters. The van der Waals surface area contributed by atoms with Gasteiger partial charge in [-0.15, -0.1) is 0 Å². The summed E-state index contributed by atoms with van der Waals surface area (Å²) in [5.74, 6) is 0. The SMILES string of the molecule is CN1CC2=NC=CN3CCC1(N)C23C. The number of hydrogen-bond acceptors (Lipinski definition) is 4. The van der Waals surface area contributed by atoms with Gasteiger partial charge in [-0.3, -0.25) is 9.89 Å². The molecule has 4 heteroatoms. The van der Waals surface area contributed by atoms with E-state index in [1.807, 2.05) is 6.20 Å². The minimum absolute atomic E-state index is 0.0729. The zero-order chi connectivity index (χ0) is 9.97. The van der Waals surface area contributed by atoms with E-state index >= 15 is 0 Å². The second-order valence-corrected chi connectivity index (χ2v) is 4.67. The Labute approximate surface area is 84.1 Å². The average Bonchev–Trinajstić information content (AvgIpc) is 2.53. The molecule has 0 bridgehead atoms. The number of rotatable bonds is 0. The van der Waals surface area contributed by atoms with Crippen molar-refractivity contribution >= 4 is 5.71 Å². The van der Waals surface area contributed by atoms with Crippen LogP contribution in [0.15, 0.2) is 17.4 Å². The molecule has 3 aliphatic rings. The summed E-state index contributed by atoms with van der Waals surface area (Å²) in [5, 5.41) is 0. The van der Waals surface area contributed by atoms with E-state index < -0.39 is 0 Å². The normalized spacial score (nSPS) is 45.6. The highest BCUT2D eigenvalue weighted by Crippen LogP contribution is 2.45. The summed E-state index contributed by atoms with van der Waals surface area (Å²) in [6.45, 7) is 4.15. The van der Waals surface area contributed by atoms with Crippen molar-refractivity contribution in [3.8, 4) is 0 Å². The van der Waals surface area contributed by atoms with Gasteiger partial charge in [0, 0.05) is 25.5 Å². The summed E-state index contributed by atoms with van der Waals surface area (Å²) in [7, 11) is 2.09. The van der Waals surface area contributed by atoms with Gasteiger partial charge in [0.15, 0.2) is 0 Å². The van der Waals surface area contributed by atoms with Gasteiger partial charge < -0.3 is 10.6 Å². The van der Waals surface area contributed by atoms with Gasteiger partial charge in [0.25, 0.3) is 0 Å². The molecule has 3 aliphatic heterocycles. The topological polar surface area (TPSA) is 44.9 Å². The van der Waals surface area contributed by atoms with Crippen LogP contribution in [0.1, 0.15) is 13.3 Å². The summed E-state index contributed by atoms with van der Waals surface area (Å²) in [4.78, 5) is 9.04. The van der Waals surface area contributed by atoms with Crippen molar-refractivity contribution in [1.82, 2.24) is 9.80 Å². The van der Waals surface area contributed by atoms with Crippen molar-refractivity contribution in [1.29, 1.82) is 0 Å². The summed E-state index contributed by atoms with van der Waals surface area (Å²) in [6, 6.07) is 0. The molecule has 0 amide bonds. The van der Waals surface area contributed by atoms with Gasteiger partial charge in [-0.05, 0) is 20.4 Å². The van der Waals surface area contributed by atoms with Gasteiger partial charge in [0.2, 0.25) is 0 Å². The van der Waals surface area contributed by atoms with Crippen LogP contribution in [-0.4, -0.2) is 46.9 Å². The molecule has 2 saturated heterocycles. The molecule has 14 heavy (non-hydrogen) atoms. The van der Waals surface area contributed by atoms with Gasteiger partial charge in [-0.25, -0.2) is 0 Å². The molecule has 4 nitrogen and oxygen atoms in total. The highest BCUT2D eigenvalue weighted by atomic mass is 15.4. The van der Waals surface area contributed by atoms with E-state index in [1.165, 1.54) is 5.71 Å². The molecule has 76 valence electrons. The maximum Gasteiger partial charge on any atom is 0.108 e. The van der Waals surface area contributed by atoms with E-state index in [1.54, 1.807) is 0 Å². The van der Waals surface area contributed by atoms with Crippen LogP contribution in [0.25, 0.3) is 0 Å². The van der Waals surface area contributed by atoms with Crippen molar-refractivity contribution in [3.63, 3.8) is 0 Å². The van der Waals surface area contributed by atoms with Gasteiger partial charge in [-0.2, -0.15) is 0 Å². The summed E-state index contributed by atoms with van der Waals surface area (Å²) in [6.07, 6.45) is 4.97. The lowest BCUT2D eigenvalue weighted by Crippen LogP contribution is -2.64. The Balaban J connectivity index is 2.20. The van der Waals surface area contributed by atoms with Crippen molar-refractivity contribution < 1.29 is 0 Å². The fraction of sp³-hybridized carbons (Fsp3) is 0.700. The lowest BCUT2D eigenvalue weighted by molar-refractivity contribution is 0.114. The fourth-order valence-electron chi connectivity index (χ4n) is 3.10. The predicted molar refractivity (Wildman–Crippen MR) is 55.9 cm³/mol. The molecular formula is C10H16N4. The summed E-state index contributed by atoms with van der Waals surface area (Å²) >= 11 is 0. The Morgan fingerprint density at radius 2 is 2.36 bits per heavy atom. The lowest BCUT2D eigenvalue weighted by Gasteiger charge is -2.42. The fourth-order valence-corrected chi connectivity index (χ4v) is 3.10. The van der Waals surface area contributed by atoms with Crippen LogP contribution in [-0.2, 0) is 0 Å². The molecule has 2 N–H and O–H groups in total. The third kappa shape index (κ3) is 0.643. The number of likely N-dealkylation sites (N-methyl/N-ethyl adjacent to an activating group) is 1. The van der Waals surface area contributed by atoms with Crippen LogP contribution in [0, 0.1) is 0 Å². The Morgan fingerprint density at radius 3 is 3.14 bits per heavy atom. The second-order valence-electron chi connectivity index (χ2n) is 4.67. The number of aliphatic imine (C=N–C) groups is 1. The number of likely N-dealkylation sites (tertiary alicyclic amines) is 1. The largest absolute Gasteiger partial charge is 0.362 e. The number of hydrogen-bond donors (Lipinski definition) is 1. The van der Waals surface area contributed by atoms with E-state index in [9.17, 15) is 0 Å². The van der Waals surface area contributed by atoms with Gasteiger partial charge >= 0.3 is 0 Å². The Kier molecular flexibility index (Phi) is 1.33. The number of nitrogens with zero attached hydrogens (tertiary/aromatic N) is 3. The van der Waals surface area contributed by atoms with E-state index in [0.29, 0.717) is 0 Å². The third-order valence-electron chi connectivity index (χ3n) is 4.26. The van der Waals surface area contributed by atoms with E-state index in [-0.39, 0.29) is 11.2 Å². The van der Waals surface area contributed by atoms with Crippen LogP contribution >= 0.6 is 0 Å². The molecule has 3 rings (SSSR count). The van der Waals surface area contributed by atoms with Crippen LogP contribution in [0.5, 0.6) is 0 Å².